The molecule has 0 aromatic carbocycles. The van der Waals surface area contributed by atoms with Gasteiger partial charge >= 0.3 is 0 Å². The Kier molecular flexibility index (Phi) is 4.62. The molecule has 3 aromatic heterocycles. The maximum absolute atomic E-state index is 4.62. The summed E-state index contributed by atoms with van der Waals surface area (Å²) in [5, 5.41) is 12.1. The smallest absolute Gasteiger partial charge is 0.167 e. The first-order valence-corrected chi connectivity index (χ1v) is 9.95. The van der Waals surface area contributed by atoms with Crippen LogP contribution in [-0.2, 0) is 0 Å². The van der Waals surface area contributed by atoms with Gasteiger partial charge in [-0.2, -0.15) is 5.10 Å². The van der Waals surface area contributed by atoms with Crippen LogP contribution in [0.4, 0.5) is 5.82 Å². The average Bonchev–Trinajstić information content (AvgIpc) is 3.19. The molecule has 1 saturated heterocycles. The highest BCUT2D eigenvalue weighted by Gasteiger charge is 2.25. The highest BCUT2D eigenvalue weighted by molar-refractivity contribution is 7.18. The molecule has 0 bridgehead atoms. The lowest BCUT2D eigenvalue weighted by atomic mass is 10.0. The van der Waals surface area contributed by atoms with E-state index in [1.54, 1.807) is 17.7 Å². The Labute approximate surface area is 157 Å². The van der Waals surface area contributed by atoms with Gasteiger partial charge in [0.25, 0.3) is 0 Å². The lowest BCUT2D eigenvalue weighted by Crippen LogP contribution is -2.43. The van der Waals surface area contributed by atoms with Crippen molar-refractivity contribution in [2.45, 2.75) is 52.6 Å². The lowest BCUT2D eigenvalue weighted by Gasteiger charge is -2.34. The van der Waals surface area contributed by atoms with Crippen molar-refractivity contribution < 1.29 is 0 Å². The third-order valence-electron chi connectivity index (χ3n) is 5.23. The molecule has 8 heteroatoms. The summed E-state index contributed by atoms with van der Waals surface area (Å²) in [5.41, 5.74) is 1.31. The number of aromatic amines is 1. The zero-order valence-electron chi connectivity index (χ0n) is 15.7. The second kappa shape index (κ2) is 6.92. The Morgan fingerprint density at radius 2 is 2.00 bits per heavy atom. The SMILES string of the molecule is Cc1nc([C@@H](C)NC2CCN(c3ncnc4sc(C)c(C)c34)CC2)n[nH]1. The van der Waals surface area contributed by atoms with Crippen molar-refractivity contribution in [2.24, 2.45) is 0 Å². The number of hydrogen-bond donors (Lipinski definition) is 2. The molecule has 1 aliphatic heterocycles. The van der Waals surface area contributed by atoms with E-state index in [0.29, 0.717) is 6.04 Å². The van der Waals surface area contributed by atoms with E-state index in [1.165, 1.54) is 15.8 Å². The van der Waals surface area contributed by atoms with Gasteiger partial charge in [-0.25, -0.2) is 15.0 Å². The van der Waals surface area contributed by atoms with E-state index in [0.717, 1.165) is 48.2 Å². The Hall–Kier alpha value is -2.06. The second-order valence-electron chi connectivity index (χ2n) is 7.09. The fourth-order valence-electron chi connectivity index (χ4n) is 3.64. The summed E-state index contributed by atoms with van der Waals surface area (Å²) < 4.78 is 0. The number of aryl methyl sites for hydroxylation is 3. The van der Waals surface area contributed by atoms with Gasteiger partial charge in [0.1, 0.15) is 22.8 Å². The minimum atomic E-state index is 0.157. The van der Waals surface area contributed by atoms with Crippen LogP contribution in [0.2, 0.25) is 0 Å². The molecule has 1 aliphatic rings. The molecule has 1 atom stereocenters. The summed E-state index contributed by atoms with van der Waals surface area (Å²) in [6.07, 6.45) is 3.87. The Morgan fingerprint density at radius 1 is 1.23 bits per heavy atom. The number of nitrogens with zero attached hydrogens (tertiary/aromatic N) is 5. The zero-order valence-corrected chi connectivity index (χ0v) is 16.5. The molecule has 0 amide bonds. The van der Waals surface area contributed by atoms with Crippen LogP contribution in [0.15, 0.2) is 6.33 Å². The minimum Gasteiger partial charge on any atom is -0.356 e. The van der Waals surface area contributed by atoms with Crippen molar-refractivity contribution in [3.05, 3.63) is 28.4 Å². The molecular formula is C18H25N7S. The van der Waals surface area contributed by atoms with Crippen LogP contribution in [-0.4, -0.2) is 44.3 Å². The maximum Gasteiger partial charge on any atom is 0.167 e. The Balaban J connectivity index is 1.44. The minimum absolute atomic E-state index is 0.157. The molecule has 4 rings (SSSR count). The molecule has 7 nitrogen and oxygen atoms in total. The van der Waals surface area contributed by atoms with Crippen molar-refractivity contribution in [3.63, 3.8) is 0 Å². The molecule has 2 N–H and O–H groups in total. The summed E-state index contributed by atoms with van der Waals surface area (Å²) in [6, 6.07) is 0.631. The van der Waals surface area contributed by atoms with Gasteiger partial charge in [-0.1, -0.05) is 0 Å². The molecule has 4 heterocycles. The summed E-state index contributed by atoms with van der Waals surface area (Å²) >= 11 is 1.76. The van der Waals surface area contributed by atoms with Gasteiger partial charge in [-0.05, 0) is 46.1 Å². The summed E-state index contributed by atoms with van der Waals surface area (Å²) in [7, 11) is 0. The number of H-pyrrole nitrogens is 1. The van der Waals surface area contributed by atoms with Crippen LogP contribution in [0, 0.1) is 20.8 Å². The van der Waals surface area contributed by atoms with Crippen molar-refractivity contribution >= 4 is 27.4 Å². The van der Waals surface area contributed by atoms with Gasteiger partial charge in [0.2, 0.25) is 0 Å². The second-order valence-corrected chi connectivity index (χ2v) is 8.29. The molecule has 138 valence electrons. The summed E-state index contributed by atoms with van der Waals surface area (Å²) in [4.78, 5) is 18.3. The topological polar surface area (TPSA) is 82.6 Å². The lowest BCUT2D eigenvalue weighted by molar-refractivity contribution is 0.373. The van der Waals surface area contributed by atoms with Crippen LogP contribution in [0.1, 0.15) is 47.9 Å². The quantitative estimate of drug-likeness (QED) is 0.733. The first-order valence-electron chi connectivity index (χ1n) is 9.13. The van der Waals surface area contributed by atoms with E-state index in [-0.39, 0.29) is 6.04 Å². The van der Waals surface area contributed by atoms with E-state index in [9.17, 15) is 0 Å². The van der Waals surface area contributed by atoms with Gasteiger partial charge in [0.15, 0.2) is 5.82 Å². The van der Waals surface area contributed by atoms with E-state index in [2.05, 4.69) is 56.1 Å². The third kappa shape index (κ3) is 3.19. The van der Waals surface area contributed by atoms with Crippen molar-refractivity contribution in [2.75, 3.05) is 18.0 Å². The van der Waals surface area contributed by atoms with Crippen LogP contribution in [0.5, 0.6) is 0 Å². The maximum atomic E-state index is 4.62. The average molecular weight is 372 g/mol. The predicted octanol–water partition coefficient (Wildman–Crippen LogP) is 3.05. The Morgan fingerprint density at radius 3 is 2.69 bits per heavy atom. The van der Waals surface area contributed by atoms with Gasteiger partial charge in [-0.15, -0.1) is 11.3 Å². The predicted molar refractivity (Wildman–Crippen MR) is 105 cm³/mol. The molecule has 0 aliphatic carbocycles. The third-order valence-corrected chi connectivity index (χ3v) is 6.34. The highest BCUT2D eigenvalue weighted by atomic mass is 32.1. The summed E-state index contributed by atoms with van der Waals surface area (Å²) in [6.45, 7) is 10.4. The normalized spacial score (nSPS) is 17.2. The highest BCUT2D eigenvalue weighted by Crippen LogP contribution is 2.35. The van der Waals surface area contributed by atoms with Gasteiger partial charge in [-0.3, -0.25) is 5.10 Å². The van der Waals surface area contributed by atoms with Crippen LogP contribution in [0.3, 0.4) is 0 Å². The first kappa shape index (κ1) is 17.4. The number of fused-ring (bicyclic) bond motifs is 1. The van der Waals surface area contributed by atoms with Crippen molar-refractivity contribution in [1.29, 1.82) is 0 Å². The van der Waals surface area contributed by atoms with E-state index in [4.69, 9.17) is 0 Å². The van der Waals surface area contributed by atoms with Crippen LogP contribution < -0.4 is 10.2 Å². The van der Waals surface area contributed by atoms with Crippen molar-refractivity contribution in [1.82, 2.24) is 30.5 Å². The molecule has 0 saturated carbocycles. The van der Waals surface area contributed by atoms with Gasteiger partial charge in [0.05, 0.1) is 11.4 Å². The number of anilines is 1. The fraction of sp³-hybridized carbons (Fsp3) is 0.556. The number of aromatic nitrogens is 5. The number of rotatable bonds is 4. The van der Waals surface area contributed by atoms with Crippen molar-refractivity contribution in [3.8, 4) is 0 Å². The molecule has 1 fully saturated rings. The summed E-state index contributed by atoms with van der Waals surface area (Å²) in [5.74, 6) is 2.79. The largest absolute Gasteiger partial charge is 0.356 e. The van der Waals surface area contributed by atoms with E-state index < -0.39 is 0 Å². The fourth-order valence-corrected chi connectivity index (χ4v) is 4.63. The Bertz CT molecular complexity index is 908. The first-order chi connectivity index (χ1) is 12.5. The number of nitrogens with one attached hydrogen (secondary N) is 2. The monoisotopic (exact) mass is 371 g/mol. The van der Waals surface area contributed by atoms with E-state index >= 15 is 0 Å². The standard InChI is InChI=1S/C18H25N7S/c1-10-12(3)26-18-15(10)17(19-9-20-18)25-7-5-14(6-8-25)21-11(2)16-22-13(4)23-24-16/h9,11,14,21H,5-8H2,1-4H3,(H,22,23,24)/t11-/m1/s1. The number of hydrogen-bond acceptors (Lipinski definition) is 7. The molecular weight excluding hydrogens is 346 g/mol. The number of piperidine rings is 1. The molecule has 0 spiro atoms. The van der Waals surface area contributed by atoms with E-state index in [1.807, 2.05) is 6.92 Å². The molecule has 26 heavy (non-hydrogen) atoms. The molecule has 0 radical (unpaired) electrons. The zero-order chi connectivity index (χ0) is 18.3. The molecule has 3 aromatic rings. The number of thiophene rings is 1. The van der Waals surface area contributed by atoms with Gasteiger partial charge < -0.3 is 10.2 Å². The van der Waals surface area contributed by atoms with Crippen LogP contribution >= 0.6 is 11.3 Å². The van der Waals surface area contributed by atoms with Gasteiger partial charge in [0, 0.05) is 24.0 Å². The van der Waals surface area contributed by atoms with Crippen LogP contribution in [0.25, 0.3) is 10.2 Å². The molecule has 0 unspecified atom stereocenters.